The standard InChI is InChI=1S/C17H25N3O2/c1-12(2)13-7-6-8-14(11-13)19(5)9-10-20-15(21)17(3,4)18-16(20)22/h6-8,11-12H,9-10H2,1-5H3,(H,18,22). The first kappa shape index (κ1) is 16.3. The molecule has 0 aliphatic carbocycles. The molecule has 1 fully saturated rings. The SMILES string of the molecule is CC(C)c1cccc(N(C)CCN2C(=O)NC(C)(C)C2=O)c1. The number of anilines is 1. The van der Waals surface area contributed by atoms with E-state index in [4.69, 9.17) is 0 Å². The number of carbonyl (C=O) groups is 2. The second-order valence-corrected chi connectivity index (χ2v) is 6.68. The summed E-state index contributed by atoms with van der Waals surface area (Å²) >= 11 is 0. The van der Waals surface area contributed by atoms with E-state index in [9.17, 15) is 9.59 Å². The summed E-state index contributed by atoms with van der Waals surface area (Å²) in [5.74, 6) is 0.307. The van der Waals surface area contributed by atoms with Gasteiger partial charge in [0.05, 0.1) is 0 Å². The highest BCUT2D eigenvalue weighted by Crippen LogP contribution is 2.21. The molecule has 22 heavy (non-hydrogen) atoms. The van der Waals surface area contributed by atoms with Crippen LogP contribution in [0.4, 0.5) is 10.5 Å². The van der Waals surface area contributed by atoms with Gasteiger partial charge in [-0.2, -0.15) is 0 Å². The Kier molecular flexibility index (Phi) is 4.44. The summed E-state index contributed by atoms with van der Waals surface area (Å²) < 4.78 is 0. The summed E-state index contributed by atoms with van der Waals surface area (Å²) in [6.07, 6.45) is 0. The van der Waals surface area contributed by atoms with Gasteiger partial charge in [0.15, 0.2) is 0 Å². The molecule has 1 aromatic carbocycles. The minimum absolute atomic E-state index is 0.165. The molecule has 1 saturated heterocycles. The van der Waals surface area contributed by atoms with Crippen molar-refractivity contribution in [3.63, 3.8) is 0 Å². The van der Waals surface area contributed by atoms with E-state index in [2.05, 4.69) is 36.2 Å². The van der Waals surface area contributed by atoms with Gasteiger partial charge in [-0.15, -0.1) is 0 Å². The fourth-order valence-electron chi connectivity index (χ4n) is 2.52. The summed E-state index contributed by atoms with van der Waals surface area (Å²) in [5, 5.41) is 2.70. The third kappa shape index (κ3) is 3.24. The first-order valence-corrected chi connectivity index (χ1v) is 7.67. The largest absolute Gasteiger partial charge is 0.373 e. The molecule has 0 saturated carbocycles. The predicted molar refractivity (Wildman–Crippen MR) is 88.1 cm³/mol. The van der Waals surface area contributed by atoms with Crippen molar-refractivity contribution in [3.05, 3.63) is 29.8 Å². The van der Waals surface area contributed by atoms with Crippen LogP contribution in [0.3, 0.4) is 0 Å². The summed E-state index contributed by atoms with van der Waals surface area (Å²) in [4.78, 5) is 27.4. The number of likely N-dealkylation sites (N-methyl/N-ethyl adjacent to an activating group) is 1. The van der Waals surface area contributed by atoms with Crippen molar-refractivity contribution in [2.24, 2.45) is 0 Å². The van der Waals surface area contributed by atoms with E-state index in [1.54, 1.807) is 13.8 Å². The number of carbonyl (C=O) groups excluding carboxylic acids is 2. The van der Waals surface area contributed by atoms with Gasteiger partial charge in [-0.1, -0.05) is 26.0 Å². The number of imide groups is 1. The highest BCUT2D eigenvalue weighted by Gasteiger charge is 2.43. The molecule has 5 nitrogen and oxygen atoms in total. The zero-order chi connectivity index (χ0) is 16.5. The molecule has 2 rings (SSSR count). The summed E-state index contributed by atoms with van der Waals surface area (Å²) in [5.41, 5.74) is 1.57. The van der Waals surface area contributed by atoms with Crippen LogP contribution in [0, 0.1) is 0 Å². The maximum absolute atomic E-state index is 12.2. The average molecular weight is 303 g/mol. The van der Waals surface area contributed by atoms with Crippen LogP contribution in [0.2, 0.25) is 0 Å². The molecule has 0 bridgehead atoms. The molecule has 0 spiro atoms. The molecular formula is C17H25N3O2. The van der Waals surface area contributed by atoms with Gasteiger partial charge in [0.2, 0.25) is 0 Å². The summed E-state index contributed by atoms with van der Waals surface area (Å²) in [7, 11) is 1.98. The predicted octanol–water partition coefficient (Wildman–Crippen LogP) is 2.58. The molecule has 1 N–H and O–H groups in total. The summed E-state index contributed by atoms with van der Waals surface area (Å²) in [6.45, 7) is 8.77. The number of hydrogen-bond donors (Lipinski definition) is 1. The minimum Gasteiger partial charge on any atom is -0.373 e. The Hall–Kier alpha value is -2.04. The van der Waals surface area contributed by atoms with Gasteiger partial charge >= 0.3 is 6.03 Å². The van der Waals surface area contributed by atoms with Crippen molar-refractivity contribution in [2.45, 2.75) is 39.2 Å². The number of benzene rings is 1. The fraction of sp³-hybridized carbons (Fsp3) is 0.529. The van der Waals surface area contributed by atoms with E-state index < -0.39 is 5.54 Å². The second kappa shape index (κ2) is 5.99. The van der Waals surface area contributed by atoms with Crippen molar-refractivity contribution in [2.75, 3.05) is 25.0 Å². The molecule has 1 aliphatic rings. The fourth-order valence-corrected chi connectivity index (χ4v) is 2.52. The molecule has 5 heteroatoms. The molecule has 1 aromatic rings. The van der Waals surface area contributed by atoms with Crippen LogP contribution >= 0.6 is 0 Å². The average Bonchev–Trinajstić information content (AvgIpc) is 2.65. The van der Waals surface area contributed by atoms with E-state index in [0.29, 0.717) is 19.0 Å². The van der Waals surface area contributed by atoms with Gasteiger partial charge in [-0.3, -0.25) is 9.69 Å². The Morgan fingerprint density at radius 2 is 1.95 bits per heavy atom. The monoisotopic (exact) mass is 303 g/mol. The Morgan fingerprint density at radius 3 is 2.50 bits per heavy atom. The number of nitrogens with zero attached hydrogens (tertiary/aromatic N) is 2. The smallest absolute Gasteiger partial charge is 0.325 e. The number of nitrogens with one attached hydrogen (secondary N) is 1. The van der Waals surface area contributed by atoms with E-state index in [-0.39, 0.29) is 11.9 Å². The van der Waals surface area contributed by atoms with Crippen LogP contribution in [0.5, 0.6) is 0 Å². The number of hydrogen-bond acceptors (Lipinski definition) is 3. The zero-order valence-electron chi connectivity index (χ0n) is 14.0. The lowest BCUT2D eigenvalue weighted by atomic mass is 10.0. The van der Waals surface area contributed by atoms with Crippen LogP contribution in [0.15, 0.2) is 24.3 Å². The van der Waals surface area contributed by atoms with Crippen LogP contribution in [0.1, 0.15) is 39.2 Å². The van der Waals surface area contributed by atoms with Gasteiger partial charge < -0.3 is 10.2 Å². The number of amides is 3. The van der Waals surface area contributed by atoms with Crippen molar-refractivity contribution >= 4 is 17.6 Å². The molecule has 1 heterocycles. The minimum atomic E-state index is -0.798. The van der Waals surface area contributed by atoms with Crippen molar-refractivity contribution in [3.8, 4) is 0 Å². The van der Waals surface area contributed by atoms with E-state index >= 15 is 0 Å². The normalized spacial score (nSPS) is 17.1. The van der Waals surface area contributed by atoms with E-state index in [0.717, 1.165) is 5.69 Å². The lowest BCUT2D eigenvalue weighted by Crippen LogP contribution is -2.41. The lowest BCUT2D eigenvalue weighted by Gasteiger charge is -2.23. The Bertz CT molecular complexity index is 581. The van der Waals surface area contributed by atoms with Gasteiger partial charge in [-0.25, -0.2) is 4.79 Å². The van der Waals surface area contributed by atoms with Gasteiger partial charge in [0, 0.05) is 25.8 Å². The maximum Gasteiger partial charge on any atom is 0.325 e. The Balaban J connectivity index is 2.01. The molecule has 120 valence electrons. The third-order valence-corrected chi connectivity index (χ3v) is 4.08. The molecule has 0 radical (unpaired) electrons. The first-order chi connectivity index (χ1) is 10.2. The van der Waals surface area contributed by atoms with Gasteiger partial charge in [0.1, 0.15) is 5.54 Å². The van der Waals surface area contributed by atoms with Crippen LogP contribution in [0.25, 0.3) is 0 Å². The van der Waals surface area contributed by atoms with Crippen LogP contribution in [-0.2, 0) is 4.79 Å². The molecule has 0 atom stereocenters. The van der Waals surface area contributed by atoms with E-state index in [1.165, 1.54) is 10.5 Å². The van der Waals surface area contributed by atoms with Gasteiger partial charge in [0.25, 0.3) is 5.91 Å². The molecule has 3 amide bonds. The molecular weight excluding hydrogens is 278 g/mol. The molecule has 0 aromatic heterocycles. The first-order valence-electron chi connectivity index (χ1n) is 7.67. The van der Waals surface area contributed by atoms with Crippen molar-refractivity contribution < 1.29 is 9.59 Å². The lowest BCUT2D eigenvalue weighted by molar-refractivity contribution is -0.130. The molecule has 0 unspecified atom stereocenters. The highest BCUT2D eigenvalue weighted by molar-refractivity contribution is 6.06. The summed E-state index contributed by atoms with van der Waals surface area (Å²) in [6, 6.07) is 8.04. The Labute approximate surface area is 132 Å². The second-order valence-electron chi connectivity index (χ2n) is 6.68. The van der Waals surface area contributed by atoms with Crippen LogP contribution < -0.4 is 10.2 Å². The Morgan fingerprint density at radius 1 is 1.27 bits per heavy atom. The number of rotatable bonds is 5. The van der Waals surface area contributed by atoms with Crippen LogP contribution in [-0.4, -0.2) is 42.5 Å². The van der Waals surface area contributed by atoms with E-state index in [1.807, 2.05) is 19.2 Å². The quantitative estimate of drug-likeness (QED) is 0.851. The number of urea groups is 1. The topological polar surface area (TPSA) is 52.6 Å². The third-order valence-electron chi connectivity index (χ3n) is 4.08. The molecule has 1 aliphatic heterocycles. The van der Waals surface area contributed by atoms with Crippen molar-refractivity contribution in [1.29, 1.82) is 0 Å². The van der Waals surface area contributed by atoms with Crippen molar-refractivity contribution in [1.82, 2.24) is 10.2 Å². The van der Waals surface area contributed by atoms with Gasteiger partial charge in [-0.05, 0) is 37.5 Å². The highest BCUT2D eigenvalue weighted by atomic mass is 16.2. The maximum atomic E-state index is 12.2. The zero-order valence-corrected chi connectivity index (χ0v) is 14.0.